The Balaban J connectivity index is 1.83. The highest BCUT2D eigenvalue weighted by atomic mass is 16.2. The number of carbonyl (C=O) groups excluding carboxylic acids is 1. The van der Waals surface area contributed by atoms with Crippen molar-refractivity contribution >= 4 is 22.5 Å². The molecule has 1 fully saturated rings. The average molecular weight is 285 g/mol. The summed E-state index contributed by atoms with van der Waals surface area (Å²) in [5.41, 5.74) is 8.13. The Bertz CT molecular complexity index is 639. The number of rotatable bonds is 2. The van der Waals surface area contributed by atoms with E-state index in [0.717, 1.165) is 23.7 Å². The largest absolute Gasteiger partial charge is 0.397 e. The quantitative estimate of drug-likeness (QED) is 0.655. The normalized spacial score (nSPS) is 16.8. The van der Waals surface area contributed by atoms with Crippen molar-refractivity contribution in [2.24, 2.45) is 0 Å². The van der Waals surface area contributed by atoms with Crippen LogP contribution in [0.1, 0.15) is 49.0 Å². The minimum atomic E-state index is 0.0671. The van der Waals surface area contributed by atoms with Crippen LogP contribution in [-0.4, -0.2) is 28.9 Å². The summed E-state index contributed by atoms with van der Waals surface area (Å²) in [6.07, 6.45) is 7.27. The number of aromatic nitrogens is 1. The molecular formula is C17H23N3O. The molecule has 0 saturated heterocycles. The maximum Gasteiger partial charge on any atom is 0.270 e. The summed E-state index contributed by atoms with van der Waals surface area (Å²) in [6, 6.07) is 8.01. The van der Waals surface area contributed by atoms with Crippen molar-refractivity contribution in [3.8, 4) is 0 Å². The lowest BCUT2D eigenvalue weighted by atomic mass is 10.1. The molecule has 2 aromatic rings. The van der Waals surface area contributed by atoms with Crippen LogP contribution in [-0.2, 0) is 0 Å². The number of fused-ring (bicyclic) bond motifs is 1. The maximum absolute atomic E-state index is 12.7. The van der Waals surface area contributed by atoms with Crippen molar-refractivity contribution in [1.29, 1.82) is 0 Å². The van der Waals surface area contributed by atoms with Crippen molar-refractivity contribution in [2.75, 3.05) is 12.8 Å². The monoisotopic (exact) mass is 285 g/mol. The van der Waals surface area contributed by atoms with Crippen LogP contribution in [0, 0.1) is 0 Å². The summed E-state index contributed by atoms with van der Waals surface area (Å²) in [6.45, 7) is 0. The molecule has 1 heterocycles. The molecule has 1 aliphatic carbocycles. The number of amides is 1. The van der Waals surface area contributed by atoms with Gasteiger partial charge in [0.25, 0.3) is 5.91 Å². The maximum atomic E-state index is 12.7. The van der Waals surface area contributed by atoms with Gasteiger partial charge in [0.15, 0.2) is 0 Å². The fourth-order valence-corrected chi connectivity index (χ4v) is 3.30. The molecule has 0 spiro atoms. The fourth-order valence-electron chi connectivity index (χ4n) is 3.30. The van der Waals surface area contributed by atoms with Gasteiger partial charge in [-0.1, -0.05) is 37.8 Å². The van der Waals surface area contributed by atoms with Crippen LogP contribution in [0.25, 0.3) is 10.9 Å². The second-order valence-corrected chi connectivity index (χ2v) is 6.06. The number of carbonyl (C=O) groups is 1. The summed E-state index contributed by atoms with van der Waals surface area (Å²) in [7, 11) is 1.92. The molecule has 0 aliphatic heterocycles. The van der Waals surface area contributed by atoms with Crippen LogP contribution < -0.4 is 5.73 Å². The van der Waals surface area contributed by atoms with Gasteiger partial charge in [-0.2, -0.15) is 0 Å². The molecule has 4 heteroatoms. The summed E-state index contributed by atoms with van der Waals surface area (Å²) in [5, 5.41) is 0.993. The Morgan fingerprint density at radius 2 is 1.95 bits per heavy atom. The van der Waals surface area contributed by atoms with E-state index < -0.39 is 0 Å². The highest BCUT2D eigenvalue weighted by Crippen LogP contribution is 2.25. The van der Waals surface area contributed by atoms with Crippen molar-refractivity contribution in [3.63, 3.8) is 0 Å². The molecule has 1 amide bonds. The van der Waals surface area contributed by atoms with Crippen LogP contribution in [0.4, 0.5) is 5.69 Å². The second kappa shape index (κ2) is 5.80. The highest BCUT2D eigenvalue weighted by Gasteiger charge is 2.23. The number of para-hydroxylation sites is 1. The van der Waals surface area contributed by atoms with Gasteiger partial charge in [-0.25, -0.2) is 0 Å². The minimum Gasteiger partial charge on any atom is -0.397 e. The van der Waals surface area contributed by atoms with E-state index >= 15 is 0 Å². The van der Waals surface area contributed by atoms with Crippen LogP contribution in [0.15, 0.2) is 24.3 Å². The molecule has 1 aromatic heterocycles. The number of nitrogen functional groups attached to an aromatic ring is 1. The number of nitrogens with two attached hydrogens (primary N) is 1. The molecule has 3 rings (SSSR count). The van der Waals surface area contributed by atoms with E-state index in [4.69, 9.17) is 5.73 Å². The first-order valence-electron chi connectivity index (χ1n) is 7.81. The summed E-state index contributed by atoms with van der Waals surface area (Å²) >= 11 is 0. The number of nitrogens with one attached hydrogen (secondary N) is 1. The molecule has 0 unspecified atom stereocenters. The van der Waals surface area contributed by atoms with Gasteiger partial charge in [0.1, 0.15) is 5.69 Å². The third kappa shape index (κ3) is 2.75. The standard InChI is InChI=1S/C17H23N3O/c1-20(13-8-4-2-3-5-9-13)17(21)15-11-12-7-6-10-14(18)16(12)19-15/h6-7,10-11,13,19H,2-5,8-9,18H2,1H3. The van der Waals surface area contributed by atoms with Gasteiger partial charge in [-0.05, 0) is 25.0 Å². The Labute approximate surface area is 125 Å². The lowest BCUT2D eigenvalue weighted by molar-refractivity contribution is 0.0713. The second-order valence-electron chi connectivity index (χ2n) is 6.06. The summed E-state index contributed by atoms with van der Waals surface area (Å²) < 4.78 is 0. The molecule has 3 N–H and O–H groups in total. The molecule has 1 aromatic carbocycles. The molecule has 0 radical (unpaired) electrons. The molecule has 0 atom stereocenters. The van der Waals surface area contributed by atoms with Crippen LogP contribution in [0.5, 0.6) is 0 Å². The number of hydrogen-bond donors (Lipinski definition) is 2. The van der Waals surface area contributed by atoms with E-state index in [0.29, 0.717) is 17.4 Å². The van der Waals surface area contributed by atoms with E-state index in [1.54, 1.807) is 0 Å². The van der Waals surface area contributed by atoms with Gasteiger partial charge in [-0.15, -0.1) is 0 Å². The SMILES string of the molecule is CN(C(=O)c1cc2cccc(N)c2[nH]1)C1CCCCCC1. The molecule has 4 nitrogen and oxygen atoms in total. The molecule has 1 saturated carbocycles. The Kier molecular flexibility index (Phi) is 3.86. The van der Waals surface area contributed by atoms with E-state index in [9.17, 15) is 4.79 Å². The Hall–Kier alpha value is -1.97. The van der Waals surface area contributed by atoms with Gasteiger partial charge in [0, 0.05) is 18.5 Å². The third-order valence-corrected chi connectivity index (χ3v) is 4.61. The van der Waals surface area contributed by atoms with Gasteiger partial charge in [-0.3, -0.25) is 4.79 Å². The van der Waals surface area contributed by atoms with E-state index in [-0.39, 0.29) is 5.91 Å². The van der Waals surface area contributed by atoms with Crippen molar-refractivity contribution in [3.05, 3.63) is 30.0 Å². The predicted molar refractivity (Wildman–Crippen MR) is 86.3 cm³/mol. The number of nitrogens with zero attached hydrogens (tertiary/aromatic N) is 1. The average Bonchev–Trinajstić information content (AvgIpc) is 2.75. The topological polar surface area (TPSA) is 62.1 Å². The first kappa shape index (κ1) is 14.0. The van der Waals surface area contributed by atoms with E-state index in [1.807, 2.05) is 36.2 Å². The highest BCUT2D eigenvalue weighted by molar-refractivity contribution is 6.00. The lowest BCUT2D eigenvalue weighted by Gasteiger charge is -2.26. The lowest BCUT2D eigenvalue weighted by Crippen LogP contribution is -2.36. The van der Waals surface area contributed by atoms with Crippen molar-refractivity contribution in [1.82, 2.24) is 9.88 Å². The molecule has 1 aliphatic rings. The number of hydrogen-bond acceptors (Lipinski definition) is 2. The minimum absolute atomic E-state index is 0.0671. The van der Waals surface area contributed by atoms with Crippen LogP contribution in [0.3, 0.4) is 0 Å². The van der Waals surface area contributed by atoms with Gasteiger partial charge in [0.05, 0.1) is 11.2 Å². The van der Waals surface area contributed by atoms with Crippen molar-refractivity contribution < 1.29 is 4.79 Å². The zero-order chi connectivity index (χ0) is 14.8. The molecule has 0 bridgehead atoms. The number of anilines is 1. The first-order chi connectivity index (χ1) is 10.2. The van der Waals surface area contributed by atoms with Crippen LogP contribution >= 0.6 is 0 Å². The first-order valence-corrected chi connectivity index (χ1v) is 7.81. The Morgan fingerprint density at radius 3 is 2.62 bits per heavy atom. The summed E-state index contributed by atoms with van der Waals surface area (Å²) in [4.78, 5) is 17.8. The Morgan fingerprint density at radius 1 is 1.24 bits per heavy atom. The molecular weight excluding hydrogens is 262 g/mol. The number of H-pyrrole nitrogens is 1. The zero-order valence-electron chi connectivity index (χ0n) is 12.6. The molecule has 21 heavy (non-hydrogen) atoms. The number of aromatic amines is 1. The van der Waals surface area contributed by atoms with E-state index in [2.05, 4.69) is 4.98 Å². The number of benzene rings is 1. The zero-order valence-corrected chi connectivity index (χ0v) is 12.6. The molecule has 112 valence electrons. The summed E-state index contributed by atoms with van der Waals surface area (Å²) in [5.74, 6) is 0.0671. The van der Waals surface area contributed by atoms with Gasteiger partial charge in [0.2, 0.25) is 0 Å². The van der Waals surface area contributed by atoms with Crippen molar-refractivity contribution in [2.45, 2.75) is 44.6 Å². The fraction of sp³-hybridized carbons (Fsp3) is 0.471. The van der Waals surface area contributed by atoms with E-state index in [1.165, 1.54) is 25.7 Å². The smallest absolute Gasteiger partial charge is 0.270 e. The van der Waals surface area contributed by atoms with Gasteiger partial charge >= 0.3 is 0 Å². The van der Waals surface area contributed by atoms with Gasteiger partial charge < -0.3 is 15.6 Å². The third-order valence-electron chi connectivity index (χ3n) is 4.61. The predicted octanol–water partition coefficient (Wildman–Crippen LogP) is 3.54. The van der Waals surface area contributed by atoms with Crippen LogP contribution in [0.2, 0.25) is 0 Å².